The molecule has 0 radical (unpaired) electrons. The second-order valence-corrected chi connectivity index (χ2v) is 4.68. The summed E-state index contributed by atoms with van der Waals surface area (Å²) in [4.78, 5) is 11.3. The van der Waals surface area contributed by atoms with Crippen LogP contribution in [-0.4, -0.2) is 12.4 Å². The van der Waals surface area contributed by atoms with Crippen molar-refractivity contribution < 1.29 is 18.3 Å². The smallest absolute Gasteiger partial charge is 0.387 e. The molecule has 1 rings (SSSR count). The van der Waals surface area contributed by atoms with Gasteiger partial charge in [-0.25, -0.2) is 0 Å². The van der Waals surface area contributed by atoms with E-state index < -0.39 is 6.61 Å². The van der Waals surface area contributed by atoms with Gasteiger partial charge in [-0.05, 0) is 57.6 Å². The molecule has 2 nitrogen and oxygen atoms in total. The predicted molar refractivity (Wildman–Crippen MR) is 63.5 cm³/mol. The van der Waals surface area contributed by atoms with Crippen LogP contribution in [0.5, 0.6) is 5.75 Å². The van der Waals surface area contributed by atoms with Crippen LogP contribution >= 0.6 is 38.5 Å². The summed E-state index contributed by atoms with van der Waals surface area (Å²) in [5, 5.41) is 0. The zero-order chi connectivity index (χ0) is 11.6. The molecular formula is C9H6BrF2IO2. The normalized spacial score (nSPS) is 10.5. The molecule has 0 aliphatic rings. The van der Waals surface area contributed by atoms with Gasteiger partial charge in [-0.1, -0.05) is 0 Å². The third-order valence-electron chi connectivity index (χ3n) is 1.62. The van der Waals surface area contributed by atoms with Crippen LogP contribution in [0.15, 0.2) is 16.6 Å². The molecular weight excluding hydrogens is 385 g/mol. The lowest BCUT2D eigenvalue weighted by Gasteiger charge is -2.12. The highest BCUT2D eigenvalue weighted by Gasteiger charge is 2.19. The van der Waals surface area contributed by atoms with E-state index in [1.807, 2.05) is 22.6 Å². The zero-order valence-corrected chi connectivity index (χ0v) is 11.3. The molecule has 0 aromatic heterocycles. The maximum Gasteiger partial charge on any atom is 0.387 e. The number of ether oxygens (including phenoxy) is 1. The number of ketones is 1. The molecule has 1 aromatic carbocycles. The molecule has 0 saturated heterocycles. The van der Waals surface area contributed by atoms with Crippen LogP contribution in [0, 0.1) is 3.57 Å². The van der Waals surface area contributed by atoms with Crippen LogP contribution < -0.4 is 4.74 Å². The number of rotatable bonds is 3. The number of hydrogen-bond donors (Lipinski definition) is 0. The van der Waals surface area contributed by atoms with Crippen LogP contribution in [0.1, 0.15) is 17.3 Å². The first-order valence-electron chi connectivity index (χ1n) is 3.87. The van der Waals surface area contributed by atoms with E-state index in [4.69, 9.17) is 0 Å². The van der Waals surface area contributed by atoms with Crippen molar-refractivity contribution >= 4 is 44.3 Å². The molecule has 82 valence electrons. The fourth-order valence-corrected chi connectivity index (χ4v) is 2.29. The molecule has 0 heterocycles. The number of halogens is 4. The van der Waals surface area contributed by atoms with Gasteiger partial charge in [0.25, 0.3) is 0 Å². The number of alkyl halides is 2. The summed E-state index contributed by atoms with van der Waals surface area (Å²) in [5.74, 6) is -0.416. The Labute approximate surface area is 107 Å². The molecule has 0 N–H and O–H groups in total. The second kappa shape index (κ2) is 5.20. The zero-order valence-electron chi connectivity index (χ0n) is 7.56. The van der Waals surface area contributed by atoms with Crippen molar-refractivity contribution in [2.75, 3.05) is 0 Å². The van der Waals surface area contributed by atoms with E-state index in [1.165, 1.54) is 6.92 Å². The molecule has 0 amide bonds. The van der Waals surface area contributed by atoms with Crippen molar-refractivity contribution in [2.45, 2.75) is 13.5 Å². The standard InChI is InChI=1S/C9H6BrF2IO2/c1-4(14)7-6(13)3-2-5(10)8(7)15-9(11)12/h2-3,9H,1H3. The number of carbonyl (C=O) groups excluding carboxylic acids is 1. The van der Waals surface area contributed by atoms with Crippen LogP contribution in [0.2, 0.25) is 0 Å². The Morgan fingerprint density at radius 1 is 1.53 bits per heavy atom. The van der Waals surface area contributed by atoms with Gasteiger partial charge in [-0.3, -0.25) is 4.79 Å². The number of carbonyl (C=O) groups is 1. The Morgan fingerprint density at radius 2 is 2.13 bits per heavy atom. The Morgan fingerprint density at radius 3 is 2.60 bits per heavy atom. The minimum absolute atomic E-state index is 0.107. The topological polar surface area (TPSA) is 26.3 Å². The van der Waals surface area contributed by atoms with Crippen molar-refractivity contribution in [3.8, 4) is 5.75 Å². The van der Waals surface area contributed by atoms with E-state index in [2.05, 4.69) is 20.7 Å². The highest BCUT2D eigenvalue weighted by Crippen LogP contribution is 2.33. The third-order valence-corrected chi connectivity index (χ3v) is 3.14. The van der Waals surface area contributed by atoms with E-state index in [9.17, 15) is 13.6 Å². The maximum absolute atomic E-state index is 12.1. The van der Waals surface area contributed by atoms with Crippen molar-refractivity contribution in [3.63, 3.8) is 0 Å². The van der Waals surface area contributed by atoms with Gasteiger partial charge < -0.3 is 4.74 Å². The van der Waals surface area contributed by atoms with E-state index in [1.54, 1.807) is 12.1 Å². The summed E-state index contributed by atoms with van der Waals surface area (Å²) in [6.45, 7) is -1.64. The van der Waals surface area contributed by atoms with Crippen LogP contribution in [0.4, 0.5) is 8.78 Å². The fourth-order valence-electron chi connectivity index (χ4n) is 1.07. The molecule has 0 saturated carbocycles. The molecule has 0 aliphatic carbocycles. The van der Waals surface area contributed by atoms with E-state index in [0.29, 0.717) is 8.04 Å². The Hall–Kier alpha value is -0.240. The molecule has 0 bridgehead atoms. The maximum atomic E-state index is 12.1. The summed E-state index contributed by atoms with van der Waals surface area (Å²) in [7, 11) is 0. The van der Waals surface area contributed by atoms with Gasteiger partial charge in [-0.2, -0.15) is 8.78 Å². The highest BCUT2D eigenvalue weighted by molar-refractivity contribution is 14.1. The Bertz CT molecular complexity index is 396. The largest absolute Gasteiger partial charge is 0.433 e. The molecule has 15 heavy (non-hydrogen) atoms. The van der Waals surface area contributed by atoms with Crippen molar-refractivity contribution in [2.24, 2.45) is 0 Å². The summed E-state index contributed by atoms with van der Waals surface area (Å²) >= 11 is 4.96. The van der Waals surface area contributed by atoms with Crippen molar-refractivity contribution in [3.05, 3.63) is 25.7 Å². The van der Waals surface area contributed by atoms with Crippen LogP contribution in [0.25, 0.3) is 0 Å². The molecule has 0 aliphatic heterocycles. The second-order valence-electron chi connectivity index (χ2n) is 2.67. The average Bonchev–Trinajstić information content (AvgIpc) is 2.10. The number of benzene rings is 1. The summed E-state index contributed by atoms with van der Waals surface area (Å²) in [5.41, 5.74) is 0.172. The SMILES string of the molecule is CC(=O)c1c(I)ccc(Br)c1OC(F)F. The first kappa shape index (κ1) is 12.8. The summed E-state index contributed by atoms with van der Waals surface area (Å²) < 4.78 is 29.5. The van der Waals surface area contributed by atoms with E-state index >= 15 is 0 Å². The quantitative estimate of drug-likeness (QED) is 0.578. The van der Waals surface area contributed by atoms with Crippen LogP contribution in [-0.2, 0) is 0 Å². The third kappa shape index (κ3) is 3.10. The predicted octanol–water partition coefficient (Wildman–Crippen LogP) is 3.86. The first-order valence-corrected chi connectivity index (χ1v) is 5.74. The summed E-state index contributed by atoms with van der Waals surface area (Å²) in [6, 6.07) is 3.21. The first-order chi connectivity index (χ1) is 6.93. The molecule has 0 atom stereocenters. The average molecular weight is 391 g/mol. The van der Waals surface area contributed by atoms with Gasteiger partial charge in [0, 0.05) is 3.57 Å². The molecule has 6 heteroatoms. The van der Waals surface area contributed by atoms with Crippen molar-refractivity contribution in [1.29, 1.82) is 0 Å². The molecule has 0 spiro atoms. The minimum atomic E-state index is -2.95. The Balaban J connectivity index is 3.31. The van der Waals surface area contributed by atoms with Gasteiger partial charge >= 0.3 is 6.61 Å². The van der Waals surface area contributed by atoms with Crippen LogP contribution in [0.3, 0.4) is 0 Å². The lowest BCUT2D eigenvalue weighted by atomic mass is 10.1. The van der Waals surface area contributed by atoms with Gasteiger partial charge in [0.2, 0.25) is 0 Å². The Kier molecular flexibility index (Phi) is 4.45. The lowest BCUT2D eigenvalue weighted by molar-refractivity contribution is -0.0506. The van der Waals surface area contributed by atoms with Crippen molar-refractivity contribution in [1.82, 2.24) is 0 Å². The minimum Gasteiger partial charge on any atom is -0.433 e. The van der Waals surface area contributed by atoms with Gasteiger partial charge in [0.15, 0.2) is 11.5 Å². The molecule has 1 aromatic rings. The van der Waals surface area contributed by atoms with Gasteiger partial charge in [0.05, 0.1) is 10.0 Å². The lowest BCUT2D eigenvalue weighted by Crippen LogP contribution is -2.08. The molecule has 0 unspecified atom stereocenters. The molecule has 0 fully saturated rings. The number of hydrogen-bond acceptors (Lipinski definition) is 2. The van der Waals surface area contributed by atoms with E-state index in [-0.39, 0.29) is 17.1 Å². The highest BCUT2D eigenvalue weighted by atomic mass is 127. The van der Waals surface area contributed by atoms with Gasteiger partial charge in [0.1, 0.15) is 0 Å². The van der Waals surface area contributed by atoms with Gasteiger partial charge in [-0.15, -0.1) is 0 Å². The monoisotopic (exact) mass is 390 g/mol. The summed E-state index contributed by atoms with van der Waals surface area (Å²) in [6.07, 6.45) is 0. The fraction of sp³-hybridized carbons (Fsp3) is 0.222. The van der Waals surface area contributed by atoms with E-state index in [0.717, 1.165) is 0 Å². The number of Topliss-reactive ketones (excluding diaryl/α,β-unsaturated/α-hetero) is 1.